The van der Waals surface area contributed by atoms with E-state index in [-0.39, 0.29) is 11.7 Å². The van der Waals surface area contributed by atoms with Crippen molar-refractivity contribution in [1.82, 2.24) is 5.32 Å². The third-order valence-corrected chi connectivity index (χ3v) is 0.818. The highest BCUT2D eigenvalue weighted by atomic mass is 32.1. The van der Waals surface area contributed by atoms with E-state index in [1.54, 1.807) is 0 Å². The third kappa shape index (κ3) is 3.57. The summed E-state index contributed by atoms with van der Waals surface area (Å²) in [6.45, 7) is 0.291. The van der Waals surface area contributed by atoms with Crippen molar-refractivity contribution in [2.24, 2.45) is 0 Å². The minimum atomic E-state index is -0.133. The second-order valence-corrected chi connectivity index (χ2v) is 1.46. The number of rotatable bonds is 2. The number of thiol groups is 1. The zero-order valence-corrected chi connectivity index (χ0v) is 5.24. The van der Waals surface area contributed by atoms with Gasteiger partial charge in [0, 0.05) is 0 Å². The van der Waals surface area contributed by atoms with E-state index in [4.69, 9.17) is 6.42 Å². The fraction of sp³-hybridized carbons (Fsp3) is 0.400. The van der Waals surface area contributed by atoms with Crippen molar-refractivity contribution in [3.05, 3.63) is 0 Å². The van der Waals surface area contributed by atoms with E-state index in [1.807, 2.05) is 0 Å². The van der Waals surface area contributed by atoms with Gasteiger partial charge in [0.1, 0.15) is 0 Å². The Morgan fingerprint density at radius 2 is 2.50 bits per heavy atom. The SMILES string of the molecule is C#CCNC(=O)CS. The monoisotopic (exact) mass is 129 g/mol. The van der Waals surface area contributed by atoms with Crippen LogP contribution in [0.2, 0.25) is 0 Å². The zero-order valence-electron chi connectivity index (χ0n) is 4.35. The van der Waals surface area contributed by atoms with Gasteiger partial charge in [-0.2, -0.15) is 12.6 Å². The Labute approximate surface area is 54.1 Å². The van der Waals surface area contributed by atoms with E-state index in [0.29, 0.717) is 6.54 Å². The molecule has 0 spiro atoms. The standard InChI is InChI=1S/C5H7NOS/c1-2-3-6-5(7)4-8/h1,8H,3-4H2,(H,6,7). The lowest BCUT2D eigenvalue weighted by Gasteiger charge is -1.93. The van der Waals surface area contributed by atoms with Crippen LogP contribution in [-0.4, -0.2) is 18.2 Å². The molecule has 0 unspecified atom stereocenters. The first-order chi connectivity index (χ1) is 3.81. The van der Waals surface area contributed by atoms with Gasteiger partial charge < -0.3 is 5.32 Å². The predicted molar refractivity (Wildman–Crippen MR) is 35.7 cm³/mol. The Kier molecular flexibility index (Phi) is 4.19. The average molecular weight is 129 g/mol. The molecule has 0 bridgehead atoms. The van der Waals surface area contributed by atoms with Crippen molar-refractivity contribution in [1.29, 1.82) is 0 Å². The number of amides is 1. The van der Waals surface area contributed by atoms with Crippen LogP contribution in [0, 0.1) is 12.3 Å². The Morgan fingerprint density at radius 3 is 2.88 bits per heavy atom. The molecule has 1 amide bonds. The van der Waals surface area contributed by atoms with Gasteiger partial charge in [-0.1, -0.05) is 5.92 Å². The molecule has 1 N–H and O–H groups in total. The van der Waals surface area contributed by atoms with Gasteiger partial charge in [0.25, 0.3) is 0 Å². The van der Waals surface area contributed by atoms with Gasteiger partial charge in [-0.25, -0.2) is 0 Å². The molecule has 2 nitrogen and oxygen atoms in total. The molecule has 0 aromatic rings. The van der Waals surface area contributed by atoms with E-state index >= 15 is 0 Å². The number of nitrogens with one attached hydrogen (secondary N) is 1. The summed E-state index contributed by atoms with van der Waals surface area (Å²) in [5.74, 6) is 2.33. The van der Waals surface area contributed by atoms with Crippen molar-refractivity contribution < 1.29 is 4.79 Å². The van der Waals surface area contributed by atoms with Crippen LogP contribution in [0.1, 0.15) is 0 Å². The maximum Gasteiger partial charge on any atom is 0.230 e. The second kappa shape index (κ2) is 4.54. The molecule has 0 rings (SSSR count). The first-order valence-corrected chi connectivity index (χ1v) is 2.75. The quantitative estimate of drug-likeness (QED) is 0.388. The topological polar surface area (TPSA) is 29.1 Å². The highest BCUT2D eigenvalue weighted by Crippen LogP contribution is 1.70. The Morgan fingerprint density at radius 1 is 1.88 bits per heavy atom. The van der Waals surface area contributed by atoms with Gasteiger partial charge in [0.05, 0.1) is 12.3 Å². The Hall–Kier alpha value is -0.620. The average Bonchev–Trinajstić information content (AvgIpc) is 1.83. The van der Waals surface area contributed by atoms with E-state index in [0.717, 1.165) is 0 Å². The van der Waals surface area contributed by atoms with Crippen LogP contribution in [0.15, 0.2) is 0 Å². The van der Waals surface area contributed by atoms with Crippen LogP contribution in [0.25, 0.3) is 0 Å². The summed E-state index contributed by atoms with van der Waals surface area (Å²) in [7, 11) is 0. The minimum Gasteiger partial charge on any atom is -0.344 e. The fourth-order valence-electron chi connectivity index (χ4n) is 0.206. The molecule has 0 saturated carbocycles. The first kappa shape index (κ1) is 7.38. The van der Waals surface area contributed by atoms with Crippen molar-refractivity contribution in [2.75, 3.05) is 12.3 Å². The largest absolute Gasteiger partial charge is 0.344 e. The van der Waals surface area contributed by atoms with Gasteiger partial charge in [-0.05, 0) is 0 Å². The van der Waals surface area contributed by atoms with Crippen molar-refractivity contribution >= 4 is 18.5 Å². The molecule has 0 aliphatic rings. The van der Waals surface area contributed by atoms with Crippen LogP contribution in [0.3, 0.4) is 0 Å². The minimum absolute atomic E-state index is 0.133. The van der Waals surface area contributed by atoms with E-state index < -0.39 is 0 Å². The first-order valence-electron chi connectivity index (χ1n) is 2.12. The molecular formula is C5H7NOS. The van der Waals surface area contributed by atoms with Gasteiger partial charge in [-0.3, -0.25) is 4.79 Å². The van der Waals surface area contributed by atoms with Gasteiger partial charge in [0.15, 0.2) is 0 Å². The molecule has 0 radical (unpaired) electrons. The number of carbonyl (C=O) groups excluding carboxylic acids is 1. The highest BCUT2D eigenvalue weighted by molar-refractivity contribution is 7.81. The zero-order chi connectivity index (χ0) is 6.41. The molecule has 0 aromatic carbocycles. The smallest absolute Gasteiger partial charge is 0.230 e. The van der Waals surface area contributed by atoms with Crippen LogP contribution in [0.5, 0.6) is 0 Å². The van der Waals surface area contributed by atoms with E-state index in [1.165, 1.54) is 0 Å². The molecule has 3 heteroatoms. The third-order valence-electron chi connectivity index (χ3n) is 0.531. The van der Waals surface area contributed by atoms with Crippen molar-refractivity contribution in [3.8, 4) is 12.3 Å². The number of terminal acetylenes is 1. The fourth-order valence-corrected chi connectivity index (χ4v) is 0.317. The highest BCUT2D eigenvalue weighted by Gasteiger charge is 1.90. The molecule has 0 aromatic heterocycles. The predicted octanol–water partition coefficient (Wildman–Crippen LogP) is -0.334. The summed E-state index contributed by atoms with van der Waals surface area (Å²) in [6.07, 6.45) is 4.84. The normalized spacial score (nSPS) is 7.50. The molecule has 0 aliphatic carbocycles. The van der Waals surface area contributed by atoms with E-state index in [9.17, 15) is 4.79 Å². The maximum atomic E-state index is 10.3. The molecular weight excluding hydrogens is 122 g/mol. The summed E-state index contributed by atoms with van der Waals surface area (Å²) in [4.78, 5) is 10.3. The lowest BCUT2D eigenvalue weighted by molar-refractivity contribution is -0.118. The van der Waals surface area contributed by atoms with Crippen LogP contribution in [-0.2, 0) is 4.79 Å². The number of hydrogen-bond donors (Lipinski definition) is 2. The van der Waals surface area contributed by atoms with E-state index in [2.05, 4.69) is 23.9 Å². The van der Waals surface area contributed by atoms with Gasteiger partial charge in [-0.15, -0.1) is 6.42 Å². The molecule has 0 aliphatic heterocycles. The molecule has 8 heavy (non-hydrogen) atoms. The summed E-state index contributed by atoms with van der Waals surface area (Å²) >= 11 is 3.71. The van der Waals surface area contributed by atoms with Crippen molar-refractivity contribution in [2.45, 2.75) is 0 Å². The lowest BCUT2D eigenvalue weighted by atomic mass is 10.6. The summed E-state index contributed by atoms with van der Waals surface area (Å²) in [5.41, 5.74) is 0. The molecule has 0 atom stereocenters. The van der Waals surface area contributed by atoms with Gasteiger partial charge in [0.2, 0.25) is 5.91 Å². The van der Waals surface area contributed by atoms with Crippen LogP contribution < -0.4 is 5.32 Å². The molecule has 0 heterocycles. The Bertz CT molecular complexity index is 116. The molecule has 44 valence electrons. The van der Waals surface area contributed by atoms with Crippen LogP contribution in [0.4, 0.5) is 0 Å². The van der Waals surface area contributed by atoms with Gasteiger partial charge >= 0.3 is 0 Å². The number of hydrogen-bond acceptors (Lipinski definition) is 2. The summed E-state index contributed by atoms with van der Waals surface area (Å²) < 4.78 is 0. The molecule has 0 fully saturated rings. The Balaban J connectivity index is 3.15. The maximum absolute atomic E-state index is 10.3. The number of carbonyl (C=O) groups is 1. The lowest BCUT2D eigenvalue weighted by Crippen LogP contribution is -2.24. The van der Waals surface area contributed by atoms with Crippen molar-refractivity contribution in [3.63, 3.8) is 0 Å². The van der Waals surface area contributed by atoms with Crippen LogP contribution >= 0.6 is 12.6 Å². The summed E-state index contributed by atoms with van der Waals surface area (Å²) in [5, 5.41) is 2.43. The molecule has 0 saturated heterocycles. The second-order valence-electron chi connectivity index (χ2n) is 1.14. The summed E-state index contributed by atoms with van der Waals surface area (Å²) in [6, 6.07) is 0.